The number of hydrogen-bond donors (Lipinski definition) is 1. The fourth-order valence-electron chi connectivity index (χ4n) is 1.82. The zero-order valence-corrected chi connectivity index (χ0v) is 11.8. The van der Waals surface area contributed by atoms with Crippen LogP contribution < -0.4 is 10.2 Å². The molecule has 1 aromatic rings. The molecule has 0 saturated heterocycles. The molecule has 0 unspecified atom stereocenters. The number of nitrogens with one attached hydrogen (secondary N) is 1. The van der Waals surface area contributed by atoms with Gasteiger partial charge in [-0.25, -0.2) is 4.39 Å². The number of hydrogen-bond acceptors (Lipinski definition) is 2. The van der Waals surface area contributed by atoms with Crippen LogP contribution in [0.5, 0.6) is 0 Å². The van der Waals surface area contributed by atoms with E-state index in [-0.39, 0.29) is 5.82 Å². The lowest BCUT2D eigenvalue weighted by atomic mass is 10.1. The molecule has 1 rings (SSSR count). The molecular weight excluding hydrogens is 239 g/mol. The number of benzene rings is 1. The second kappa shape index (κ2) is 7.74. The van der Waals surface area contributed by atoms with Gasteiger partial charge in [0.15, 0.2) is 0 Å². The first-order valence-electron chi connectivity index (χ1n) is 6.57. The van der Waals surface area contributed by atoms with Crippen LogP contribution in [0, 0.1) is 5.82 Å². The van der Waals surface area contributed by atoms with Crippen molar-refractivity contribution in [2.45, 2.75) is 26.4 Å². The van der Waals surface area contributed by atoms with Gasteiger partial charge in [-0.3, -0.25) is 0 Å². The van der Waals surface area contributed by atoms with Crippen LogP contribution in [0.1, 0.15) is 19.4 Å². The molecule has 19 heavy (non-hydrogen) atoms. The van der Waals surface area contributed by atoms with E-state index in [0.29, 0.717) is 24.8 Å². The van der Waals surface area contributed by atoms with Crippen LogP contribution in [-0.2, 0) is 6.54 Å². The SMILES string of the molecule is C=CCN(CC=C)c1cc(CNC(C)C)ccc1F. The Hall–Kier alpha value is -1.61. The molecule has 1 N–H and O–H groups in total. The molecule has 104 valence electrons. The molecule has 0 heterocycles. The molecule has 0 saturated carbocycles. The molecule has 0 aromatic heterocycles. The second-order valence-corrected chi connectivity index (χ2v) is 4.80. The lowest BCUT2D eigenvalue weighted by Crippen LogP contribution is -2.25. The van der Waals surface area contributed by atoms with Crippen LogP contribution in [0.2, 0.25) is 0 Å². The fraction of sp³-hybridized carbons (Fsp3) is 0.375. The Morgan fingerprint density at radius 3 is 2.42 bits per heavy atom. The molecule has 0 spiro atoms. The second-order valence-electron chi connectivity index (χ2n) is 4.80. The summed E-state index contributed by atoms with van der Waals surface area (Å²) in [7, 11) is 0. The highest BCUT2D eigenvalue weighted by molar-refractivity contribution is 5.51. The topological polar surface area (TPSA) is 15.3 Å². The van der Waals surface area contributed by atoms with Gasteiger partial charge in [-0.1, -0.05) is 32.1 Å². The average Bonchev–Trinajstić information content (AvgIpc) is 2.37. The quantitative estimate of drug-likeness (QED) is 0.721. The van der Waals surface area contributed by atoms with Gasteiger partial charge in [-0.05, 0) is 17.7 Å². The van der Waals surface area contributed by atoms with Gasteiger partial charge in [0.1, 0.15) is 5.82 Å². The Balaban J connectivity index is 2.93. The maximum absolute atomic E-state index is 13.9. The molecule has 0 atom stereocenters. The van der Waals surface area contributed by atoms with Crippen LogP contribution in [0.3, 0.4) is 0 Å². The summed E-state index contributed by atoms with van der Waals surface area (Å²) in [5.41, 5.74) is 1.67. The molecule has 0 aliphatic heterocycles. The van der Waals surface area contributed by atoms with Crippen molar-refractivity contribution in [1.29, 1.82) is 0 Å². The molecule has 1 aromatic carbocycles. The minimum atomic E-state index is -0.211. The Kier molecular flexibility index (Phi) is 6.30. The minimum Gasteiger partial charge on any atom is -0.362 e. The van der Waals surface area contributed by atoms with Gasteiger partial charge in [0.05, 0.1) is 5.69 Å². The molecule has 0 fully saturated rings. The monoisotopic (exact) mass is 262 g/mol. The van der Waals surface area contributed by atoms with Crippen LogP contribution in [-0.4, -0.2) is 19.1 Å². The predicted octanol–water partition coefficient (Wildman–Crippen LogP) is 3.50. The van der Waals surface area contributed by atoms with E-state index < -0.39 is 0 Å². The van der Waals surface area contributed by atoms with Gasteiger partial charge in [-0.15, -0.1) is 13.2 Å². The third-order valence-corrected chi connectivity index (χ3v) is 2.76. The lowest BCUT2D eigenvalue weighted by molar-refractivity contribution is 0.585. The molecule has 3 heteroatoms. The third kappa shape index (κ3) is 4.87. The highest BCUT2D eigenvalue weighted by atomic mass is 19.1. The highest BCUT2D eigenvalue weighted by Gasteiger charge is 2.10. The Morgan fingerprint density at radius 1 is 1.26 bits per heavy atom. The van der Waals surface area contributed by atoms with Gasteiger partial charge < -0.3 is 10.2 Å². The summed E-state index contributed by atoms with van der Waals surface area (Å²) in [5, 5.41) is 3.33. The van der Waals surface area contributed by atoms with E-state index >= 15 is 0 Å². The number of nitrogens with zero attached hydrogens (tertiary/aromatic N) is 1. The maximum atomic E-state index is 13.9. The van der Waals surface area contributed by atoms with E-state index in [1.165, 1.54) is 6.07 Å². The zero-order chi connectivity index (χ0) is 14.3. The van der Waals surface area contributed by atoms with Crippen molar-refractivity contribution in [3.63, 3.8) is 0 Å². The smallest absolute Gasteiger partial charge is 0.146 e. The number of halogens is 1. The molecule has 0 radical (unpaired) electrons. The highest BCUT2D eigenvalue weighted by Crippen LogP contribution is 2.21. The third-order valence-electron chi connectivity index (χ3n) is 2.76. The van der Waals surface area contributed by atoms with Crippen molar-refractivity contribution in [1.82, 2.24) is 5.32 Å². The van der Waals surface area contributed by atoms with Gasteiger partial charge in [0.2, 0.25) is 0 Å². The first-order chi connectivity index (χ1) is 9.08. The standard InChI is InChI=1S/C16H23FN2/c1-5-9-19(10-6-2)16-11-14(7-8-15(16)17)12-18-13(3)4/h5-8,11,13,18H,1-2,9-10,12H2,3-4H3. The average molecular weight is 262 g/mol. The summed E-state index contributed by atoms with van der Waals surface area (Å²) < 4.78 is 13.9. The Bertz CT molecular complexity index is 417. The summed E-state index contributed by atoms with van der Waals surface area (Å²) in [6, 6.07) is 5.63. The first kappa shape index (κ1) is 15.4. The van der Waals surface area contributed by atoms with Crippen LogP contribution in [0.25, 0.3) is 0 Å². The lowest BCUT2D eigenvalue weighted by Gasteiger charge is -2.23. The minimum absolute atomic E-state index is 0.211. The molecule has 0 amide bonds. The van der Waals surface area contributed by atoms with Crippen LogP contribution >= 0.6 is 0 Å². The van der Waals surface area contributed by atoms with Crippen molar-refractivity contribution >= 4 is 5.69 Å². The van der Waals surface area contributed by atoms with Crippen LogP contribution in [0.4, 0.5) is 10.1 Å². The van der Waals surface area contributed by atoms with Crippen molar-refractivity contribution in [2.75, 3.05) is 18.0 Å². The van der Waals surface area contributed by atoms with Gasteiger partial charge >= 0.3 is 0 Å². The number of anilines is 1. The van der Waals surface area contributed by atoms with E-state index in [1.54, 1.807) is 12.2 Å². The summed E-state index contributed by atoms with van der Waals surface area (Å²) in [4.78, 5) is 1.91. The summed E-state index contributed by atoms with van der Waals surface area (Å²) in [5.74, 6) is -0.211. The molecule has 0 aliphatic rings. The van der Waals surface area contributed by atoms with Crippen molar-refractivity contribution in [2.24, 2.45) is 0 Å². The Morgan fingerprint density at radius 2 is 1.89 bits per heavy atom. The fourth-order valence-corrected chi connectivity index (χ4v) is 1.82. The van der Waals surface area contributed by atoms with E-state index in [4.69, 9.17) is 0 Å². The molecular formula is C16H23FN2. The maximum Gasteiger partial charge on any atom is 0.146 e. The first-order valence-corrected chi connectivity index (χ1v) is 6.57. The van der Waals surface area contributed by atoms with Gasteiger partial charge in [-0.2, -0.15) is 0 Å². The molecule has 2 nitrogen and oxygen atoms in total. The van der Waals surface area contributed by atoms with Gasteiger partial charge in [0.25, 0.3) is 0 Å². The summed E-state index contributed by atoms with van der Waals surface area (Å²) in [6.07, 6.45) is 3.53. The summed E-state index contributed by atoms with van der Waals surface area (Å²) >= 11 is 0. The van der Waals surface area contributed by atoms with Gasteiger partial charge in [0, 0.05) is 25.7 Å². The van der Waals surface area contributed by atoms with E-state index in [9.17, 15) is 4.39 Å². The van der Waals surface area contributed by atoms with E-state index in [0.717, 1.165) is 12.1 Å². The van der Waals surface area contributed by atoms with Crippen molar-refractivity contribution in [3.8, 4) is 0 Å². The zero-order valence-electron chi connectivity index (χ0n) is 11.8. The molecule has 0 aliphatic carbocycles. The largest absolute Gasteiger partial charge is 0.362 e. The van der Waals surface area contributed by atoms with Crippen LogP contribution in [0.15, 0.2) is 43.5 Å². The number of rotatable bonds is 8. The molecule has 0 bridgehead atoms. The summed E-state index contributed by atoms with van der Waals surface area (Å²) in [6.45, 7) is 13.5. The van der Waals surface area contributed by atoms with Crippen molar-refractivity contribution < 1.29 is 4.39 Å². The predicted molar refractivity (Wildman–Crippen MR) is 81.0 cm³/mol. The Labute approximate surface area is 115 Å². The van der Waals surface area contributed by atoms with E-state index in [2.05, 4.69) is 32.3 Å². The normalized spacial score (nSPS) is 10.5. The van der Waals surface area contributed by atoms with E-state index in [1.807, 2.05) is 17.0 Å². The van der Waals surface area contributed by atoms with Crippen molar-refractivity contribution in [3.05, 3.63) is 54.9 Å².